The molecule has 0 unspecified atom stereocenters. The minimum atomic E-state index is 0.725. The fourth-order valence-corrected chi connectivity index (χ4v) is 3.18. The van der Waals surface area contributed by atoms with E-state index < -0.39 is 0 Å². The zero-order valence-electron chi connectivity index (χ0n) is 14.1. The summed E-state index contributed by atoms with van der Waals surface area (Å²) in [5, 5.41) is 12.0. The molecule has 0 aliphatic carbocycles. The predicted molar refractivity (Wildman–Crippen MR) is 89.8 cm³/mol. The summed E-state index contributed by atoms with van der Waals surface area (Å²) < 4.78 is 2.01. The van der Waals surface area contributed by atoms with Crippen LogP contribution in [-0.2, 0) is 19.6 Å². The Hall–Kier alpha value is -1.79. The second-order valence-corrected chi connectivity index (χ2v) is 6.60. The third kappa shape index (κ3) is 4.84. The topological polar surface area (TPSA) is 58.9 Å². The van der Waals surface area contributed by atoms with Crippen molar-refractivity contribution in [3.63, 3.8) is 0 Å². The molecule has 6 heteroatoms. The van der Waals surface area contributed by atoms with Gasteiger partial charge in [-0.1, -0.05) is 5.21 Å². The van der Waals surface area contributed by atoms with Crippen molar-refractivity contribution in [1.82, 2.24) is 30.2 Å². The number of pyridine rings is 1. The summed E-state index contributed by atoms with van der Waals surface area (Å²) in [7, 11) is 2.11. The van der Waals surface area contributed by atoms with E-state index in [2.05, 4.69) is 50.9 Å². The monoisotopic (exact) mass is 314 g/mol. The Morgan fingerprint density at radius 2 is 2.13 bits per heavy atom. The molecule has 0 saturated carbocycles. The first-order chi connectivity index (χ1) is 11.2. The number of rotatable bonds is 6. The van der Waals surface area contributed by atoms with Crippen molar-refractivity contribution in [2.45, 2.75) is 39.4 Å². The van der Waals surface area contributed by atoms with E-state index in [0.29, 0.717) is 0 Å². The van der Waals surface area contributed by atoms with Crippen molar-refractivity contribution in [3.05, 3.63) is 41.5 Å². The highest BCUT2D eigenvalue weighted by Gasteiger charge is 2.14. The summed E-state index contributed by atoms with van der Waals surface area (Å²) in [4.78, 5) is 6.50. The van der Waals surface area contributed by atoms with Crippen LogP contribution in [0.3, 0.4) is 0 Å². The summed E-state index contributed by atoms with van der Waals surface area (Å²) in [5.41, 5.74) is 3.37. The maximum Gasteiger partial charge on any atom is 0.0967 e. The van der Waals surface area contributed by atoms with Gasteiger partial charge in [-0.3, -0.25) is 14.6 Å². The van der Waals surface area contributed by atoms with Crippen LogP contribution in [0, 0.1) is 12.8 Å². The number of aryl methyl sites for hydroxylation is 1. The largest absolute Gasteiger partial charge is 0.317 e. The molecule has 23 heavy (non-hydrogen) atoms. The lowest BCUT2D eigenvalue weighted by Crippen LogP contribution is -2.30. The van der Waals surface area contributed by atoms with E-state index in [0.717, 1.165) is 50.0 Å². The van der Waals surface area contributed by atoms with Crippen LogP contribution in [0.4, 0.5) is 0 Å². The normalized spacial score (nSPS) is 16.1. The van der Waals surface area contributed by atoms with Crippen molar-refractivity contribution in [2.24, 2.45) is 5.92 Å². The van der Waals surface area contributed by atoms with Gasteiger partial charge in [-0.05, 0) is 63.5 Å². The smallest absolute Gasteiger partial charge is 0.0967 e. The van der Waals surface area contributed by atoms with E-state index in [1.807, 2.05) is 17.8 Å². The van der Waals surface area contributed by atoms with Crippen LogP contribution in [0.1, 0.15) is 29.8 Å². The molecule has 2 aromatic rings. The Balaban J connectivity index is 1.51. The fourth-order valence-electron chi connectivity index (χ4n) is 3.18. The summed E-state index contributed by atoms with van der Waals surface area (Å²) in [6.45, 7) is 6.97. The highest BCUT2D eigenvalue weighted by Crippen LogP contribution is 2.14. The molecule has 3 heterocycles. The van der Waals surface area contributed by atoms with Crippen molar-refractivity contribution in [3.8, 4) is 0 Å². The predicted octanol–water partition coefficient (Wildman–Crippen LogP) is 1.61. The van der Waals surface area contributed by atoms with Crippen molar-refractivity contribution in [2.75, 3.05) is 20.1 Å². The zero-order chi connectivity index (χ0) is 16.1. The Kier molecular flexibility index (Phi) is 5.35. The minimum Gasteiger partial charge on any atom is -0.317 e. The minimum absolute atomic E-state index is 0.725. The second-order valence-electron chi connectivity index (χ2n) is 6.60. The Morgan fingerprint density at radius 3 is 2.91 bits per heavy atom. The molecule has 6 nitrogen and oxygen atoms in total. The molecule has 0 bridgehead atoms. The third-order valence-electron chi connectivity index (χ3n) is 4.34. The lowest BCUT2D eigenvalue weighted by molar-refractivity contribution is 0.314. The van der Waals surface area contributed by atoms with Crippen molar-refractivity contribution < 1.29 is 0 Å². The molecule has 1 saturated heterocycles. The van der Waals surface area contributed by atoms with Crippen LogP contribution in [0.5, 0.6) is 0 Å². The average Bonchev–Trinajstić information content (AvgIpc) is 2.95. The molecule has 1 aliphatic rings. The van der Waals surface area contributed by atoms with E-state index >= 15 is 0 Å². The summed E-state index contributed by atoms with van der Waals surface area (Å²) in [5.74, 6) is 0.725. The summed E-state index contributed by atoms with van der Waals surface area (Å²) in [6.07, 6.45) is 6.43. The molecule has 0 atom stereocenters. The van der Waals surface area contributed by atoms with Crippen LogP contribution in [0.2, 0.25) is 0 Å². The number of hydrogen-bond donors (Lipinski definition) is 1. The molecule has 0 aromatic carbocycles. The Bertz CT molecular complexity index is 617. The second kappa shape index (κ2) is 7.66. The Morgan fingerprint density at radius 1 is 1.30 bits per heavy atom. The molecule has 1 fully saturated rings. The van der Waals surface area contributed by atoms with Gasteiger partial charge in [0.25, 0.3) is 0 Å². The van der Waals surface area contributed by atoms with E-state index in [-0.39, 0.29) is 0 Å². The standard InChI is InChI=1S/C17H26N6/c1-14-9-16(5-8-19-14)10-22(2)12-17-13-23(21-20-17)11-15-3-6-18-7-4-15/h5,8-9,13,15,18H,3-4,6-7,10-12H2,1-2H3. The highest BCUT2D eigenvalue weighted by atomic mass is 15.4. The SMILES string of the molecule is Cc1cc(CN(C)Cc2cn(CC3CCNCC3)nn2)ccn1. The molecule has 0 amide bonds. The number of nitrogens with zero attached hydrogens (tertiary/aromatic N) is 5. The zero-order valence-corrected chi connectivity index (χ0v) is 14.1. The van der Waals surface area contributed by atoms with Gasteiger partial charge in [-0.15, -0.1) is 5.10 Å². The van der Waals surface area contributed by atoms with Gasteiger partial charge >= 0.3 is 0 Å². The summed E-state index contributed by atoms with van der Waals surface area (Å²) in [6, 6.07) is 4.20. The number of piperidine rings is 1. The first-order valence-electron chi connectivity index (χ1n) is 8.39. The van der Waals surface area contributed by atoms with Gasteiger partial charge in [0.2, 0.25) is 0 Å². The van der Waals surface area contributed by atoms with Crippen molar-refractivity contribution >= 4 is 0 Å². The molecular weight excluding hydrogens is 288 g/mol. The highest BCUT2D eigenvalue weighted by molar-refractivity contribution is 5.15. The molecular formula is C17H26N6. The van der Waals surface area contributed by atoms with Crippen LogP contribution < -0.4 is 5.32 Å². The third-order valence-corrected chi connectivity index (χ3v) is 4.34. The quantitative estimate of drug-likeness (QED) is 0.878. The van der Waals surface area contributed by atoms with E-state index in [1.165, 1.54) is 18.4 Å². The van der Waals surface area contributed by atoms with Gasteiger partial charge < -0.3 is 5.32 Å². The van der Waals surface area contributed by atoms with Crippen LogP contribution in [-0.4, -0.2) is 45.0 Å². The van der Waals surface area contributed by atoms with E-state index in [1.54, 1.807) is 0 Å². The Labute approximate surface area is 137 Å². The lowest BCUT2D eigenvalue weighted by atomic mass is 9.98. The number of nitrogens with one attached hydrogen (secondary N) is 1. The summed E-state index contributed by atoms with van der Waals surface area (Å²) >= 11 is 0. The van der Waals surface area contributed by atoms with Gasteiger partial charge in [0.05, 0.1) is 5.69 Å². The molecule has 0 radical (unpaired) electrons. The maximum atomic E-state index is 4.32. The first kappa shape index (κ1) is 16.1. The number of aromatic nitrogens is 4. The first-order valence-corrected chi connectivity index (χ1v) is 8.39. The molecule has 3 rings (SSSR count). The van der Waals surface area contributed by atoms with Crippen molar-refractivity contribution in [1.29, 1.82) is 0 Å². The molecule has 0 spiro atoms. The fraction of sp³-hybridized carbons (Fsp3) is 0.588. The maximum absolute atomic E-state index is 4.32. The van der Waals surface area contributed by atoms with E-state index in [4.69, 9.17) is 0 Å². The molecule has 124 valence electrons. The average molecular weight is 314 g/mol. The van der Waals surface area contributed by atoms with Crippen LogP contribution in [0.25, 0.3) is 0 Å². The lowest BCUT2D eigenvalue weighted by Gasteiger charge is -2.21. The molecule has 2 aromatic heterocycles. The van der Waals surface area contributed by atoms with Gasteiger partial charge in [0, 0.05) is 37.7 Å². The van der Waals surface area contributed by atoms with Gasteiger partial charge in [0.1, 0.15) is 0 Å². The molecule has 1 N–H and O–H groups in total. The van der Waals surface area contributed by atoms with Gasteiger partial charge in [0.15, 0.2) is 0 Å². The van der Waals surface area contributed by atoms with Crippen LogP contribution in [0.15, 0.2) is 24.5 Å². The molecule has 1 aliphatic heterocycles. The van der Waals surface area contributed by atoms with Crippen LogP contribution >= 0.6 is 0 Å². The van der Waals surface area contributed by atoms with E-state index in [9.17, 15) is 0 Å². The van der Waals surface area contributed by atoms with Gasteiger partial charge in [-0.25, -0.2) is 0 Å². The van der Waals surface area contributed by atoms with Gasteiger partial charge in [-0.2, -0.15) is 0 Å². The number of hydrogen-bond acceptors (Lipinski definition) is 5.